The maximum absolute atomic E-state index is 5.24. The molecule has 0 aliphatic heterocycles. The first kappa shape index (κ1) is 12.6. The Bertz CT molecular complexity index is 929. The maximum atomic E-state index is 5.24. The van der Waals surface area contributed by atoms with Gasteiger partial charge in [-0.15, -0.1) is 11.3 Å². The molecule has 104 valence electrons. The van der Waals surface area contributed by atoms with Gasteiger partial charge in [0.15, 0.2) is 5.13 Å². The molecule has 0 radical (unpaired) electrons. The van der Waals surface area contributed by atoms with E-state index in [4.69, 9.17) is 4.74 Å². The van der Waals surface area contributed by atoms with Gasteiger partial charge in [0.2, 0.25) is 0 Å². The second kappa shape index (κ2) is 4.98. The van der Waals surface area contributed by atoms with Crippen molar-refractivity contribution in [2.24, 2.45) is 0 Å². The van der Waals surface area contributed by atoms with Crippen LogP contribution in [-0.2, 0) is 0 Å². The lowest BCUT2D eigenvalue weighted by Crippen LogP contribution is -1.88. The summed E-state index contributed by atoms with van der Waals surface area (Å²) in [5.74, 6) is 0.851. The Labute approximate surface area is 129 Å². The fraction of sp³-hybridized carbons (Fsp3) is 0.0667. The highest BCUT2D eigenvalue weighted by Crippen LogP contribution is 2.31. The molecule has 4 nitrogen and oxygen atoms in total. The minimum atomic E-state index is 0.851. The monoisotopic (exact) mass is 313 g/mol. The molecular formula is C15H11N3OS2. The number of benzene rings is 2. The molecule has 1 N–H and O–H groups in total. The first-order chi connectivity index (χ1) is 10.3. The second-order valence-electron chi connectivity index (χ2n) is 4.51. The molecule has 0 spiro atoms. The molecular weight excluding hydrogens is 302 g/mol. The summed E-state index contributed by atoms with van der Waals surface area (Å²) in [4.78, 5) is 8.88. The summed E-state index contributed by atoms with van der Waals surface area (Å²) in [5.41, 5.74) is 4.89. The predicted octanol–water partition coefficient (Wildman–Crippen LogP) is 4.66. The summed E-state index contributed by atoms with van der Waals surface area (Å²) >= 11 is 3.25. The minimum Gasteiger partial charge on any atom is -0.497 e. The van der Waals surface area contributed by atoms with E-state index >= 15 is 0 Å². The largest absolute Gasteiger partial charge is 0.497 e. The van der Waals surface area contributed by atoms with Crippen LogP contribution in [0.1, 0.15) is 0 Å². The highest BCUT2D eigenvalue weighted by atomic mass is 32.1. The minimum absolute atomic E-state index is 0.851. The molecule has 0 aliphatic carbocycles. The van der Waals surface area contributed by atoms with E-state index in [-0.39, 0.29) is 0 Å². The normalized spacial score (nSPS) is 11.1. The number of hydrogen-bond donors (Lipinski definition) is 1. The molecule has 0 aliphatic rings. The Morgan fingerprint density at radius 3 is 2.86 bits per heavy atom. The van der Waals surface area contributed by atoms with Crippen molar-refractivity contribution < 1.29 is 4.74 Å². The number of nitrogens with one attached hydrogen (secondary N) is 1. The number of methoxy groups -OCH3 is 1. The van der Waals surface area contributed by atoms with Crippen LogP contribution in [0.15, 0.2) is 41.9 Å². The van der Waals surface area contributed by atoms with Crippen LogP contribution in [0, 0.1) is 0 Å². The lowest BCUT2D eigenvalue weighted by Gasteiger charge is -2.01. The van der Waals surface area contributed by atoms with Crippen LogP contribution in [-0.4, -0.2) is 17.1 Å². The molecule has 2 aromatic heterocycles. The van der Waals surface area contributed by atoms with Crippen LogP contribution in [0.5, 0.6) is 5.75 Å². The van der Waals surface area contributed by atoms with E-state index in [1.165, 1.54) is 4.70 Å². The van der Waals surface area contributed by atoms with E-state index < -0.39 is 0 Å². The van der Waals surface area contributed by atoms with Gasteiger partial charge in [-0.05, 0) is 36.4 Å². The van der Waals surface area contributed by atoms with Gasteiger partial charge in [-0.2, -0.15) is 0 Å². The van der Waals surface area contributed by atoms with Gasteiger partial charge in [0.05, 0.1) is 33.1 Å². The number of ether oxygens (including phenoxy) is 1. The quantitative estimate of drug-likeness (QED) is 0.597. The summed E-state index contributed by atoms with van der Waals surface area (Å²) in [7, 11) is 1.67. The fourth-order valence-electron chi connectivity index (χ4n) is 2.14. The predicted molar refractivity (Wildman–Crippen MR) is 89.1 cm³/mol. The van der Waals surface area contributed by atoms with Crippen molar-refractivity contribution >= 4 is 53.9 Å². The molecule has 0 bridgehead atoms. The third-order valence-corrected chi connectivity index (χ3v) is 4.90. The van der Waals surface area contributed by atoms with E-state index in [1.54, 1.807) is 29.8 Å². The van der Waals surface area contributed by atoms with Gasteiger partial charge in [0.25, 0.3) is 0 Å². The zero-order valence-corrected chi connectivity index (χ0v) is 12.8. The number of rotatable bonds is 3. The topological polar surface area (TPSA) is 47.0 Å². The van der Waals surface area contributed by atoms with Gasteiger partial charge in [-0.25, -0.2) is 9.97 Å². The summed E-state index contributed by atoms with van der Waals surface area (Å²) in [6.07, 6.45) is 0. The van der Waals surface area contributed by atoms with E-state index in [0.717, 1.165) is 32.3 Å². The van der Waals surface area contributed by atoms with Crippen molar-refractivity contribution in [2.45, 2.75) is 0 Å². The molecule has 0 saturated heterocycles. The second-order valence-corrected chi connectivity index (χ2v) is 6.43. The van der Waals surface area contributed by atoms with Crippen LogP contribution in [0.4, 0.5) is 10.8 Å². The van der Waals surface area contributed by atoms with Gasteiger partial charge < -0.3 is 10.1 Å². The maximum Gasteiger partial charge on any atom is 0.188 e. The van der Waals surface area contributed by atoms with Gasteiger partial charge in [-0.1, -0.05) is 11.3 Å². The van der Waals surface area contributed by atoms with Crippen LogP contribution < -0.4 is 10.1 Å². The van der Waals surface area contributed by atoms with Crippen molar-refractivity contribution in [2.75, 3.05) is 12.4 Å². The molecule has 2 aromatic carbocycles. The third-order valence-electron chi connectivity index (χ3n) is 3.18. The van der Waals surface area contributed by atoms with Gasteiger partial charge in [0.1, 0.15) is 5.75 Å². The van der Waals surface area contributed by atoms with Crippen molar-refractivity contribution in [1.29, 1.82) is 0 Å². The molecule has 0 amide bonds. The van der Waals surface area contributed by atoms with Crippen molar-refractivity contribution in [1.82, 2.24) is 9.97 Å². The molecule has 0 atom stereocenters. The number of aromatic nitrogens is 2. The summed E-state index contributed by atoms with van der Waals surface area (Å²) in [6.45, 7) is 0. The average molecular weight is 313 g/mol. The highest BCUT2D eigenvalue weighted by Gasteiger charge is 2.06. The van der Waals surface area contributed by atoms with E-state index in [9.17, 15) is 0 Å². The highest BCUT2D eigenvalue weighted by molar-refractivity contribution is 7.22. The Balaban J connectivity index is 1.69. The Morgan fingerprint density at radius 2 is 1.95 bits per heavy atom. The summed E-state index contributed by atoms with van der Waals surface area (Å²) < 4.78 is 7.52. The number of anilines is 2. The SMILES string of the molecule is COc1ccc2nc(Nc3ccc4ncsc4c3)sc2c1. The van der Waals surface area contributed by atoms with Crippen molar-refractivity contribution in [3.8, 4) is 5.75 Å². The smallest absolute Gasteiger partial charge is 0.188 e. The van der Waals surface area contributed by atoms with E-state index in [1.807, 2.05) is 35.8 Å². The van der Waals surface area contributed by atoms with Crippen LogP contribution in [0.25, 0.3) is 20.4 Å². The first-order valence-electron chi connectivity index (χ1n) is 6.37. The van der Waals surface area contributed by atoms with E-state index in [0.29, 0.717) is 0 Å². The zero-order valence-electron chi connectivity index (χ0n) is 11.2. The number of nitrogens with zero attached hydrogens (tertiary/aromatic N) is 2. The van der Waals surface area contributed by atoms with Crippen LogP contribution >= 0.6 is 22.7 Å². The molecule has 0 unspecified atom stereocenters. The molecule has 6 heteroatoms. The van der Waals surface area contributed by atoms with Gasteiger partial charge >= 0.3 is 0 Å². The standard InChI is InChI=1S/C15H11N3OS2/c1-19-10-3-5-12-14(7-10)21-15(18-12)17-9-2-4-11-13(6-9)20-8-16-11/h2-8H,1H3,(H,17,18). The first-order valence-corrected chi connectivity index (χ1v) is 8.06. The number of hydrogen-bond acceptors (Lipinski definition) is 6. The molecule has 0 fully saturated rings. The molecule has 4 rings (SSSR count). The zero-order chi connectivity index (χ0) is 14.2. The molecule has 4 aromatic rings. The fourth-order valence-corrected chi connectivity index (χ4v) is 3.77. The summed E-state index contributed by atoms with van der Waals surface area (Å²) in [5, 5.41) is 4.24. The Morgan fingerprint density at radius 1 is 1.05 bits per heavy atom. The van der Waals surface area contributed by atoms with Crippen LogP contribution in [0.2, 0.25) is 0 Å². The molecule has 2 heterocycles. The number of thiazole rings is 2. The lowest BCUT2D eigenvalue weighted by atomic mass is 10.3. The lowest BCUT2D eigenvalue weighted by molar-refractivity contribution is 0.415. The average Bonchev–Trinajstić information content (AvgIpc) is 3.11. The van der Waals surface area contributed by atoms with Crippen molar-refractivity contribution in [3.05, 3.63) is 41.9 Å². The van der Waals surface area contributed by atoms with Gasteiger partial charge in [0, 0.05) is 5.69 Å². The van der Waals surface area contributed by atoms with E-state index in [2.05, 4.69) is 21.4 Å². The third kappa shape index (κ3) is 2.32. The van der Waals surface area contributed by atoms with Crippen LogP contribution in [0.3, 0.4) is 0 Å². The molecule has 0 saturated carbocycles. The van der Waals surface area contributed by atoms with Crippen molar-refractivity contribution in [3.63, 3.8) is 0 Å². The summed E-state index contributed by atoms with van der Waals surface area (Å²) in [6, 6.07) is 12.0. The number of fused-ring (bicyclic) bond motifs is 2. The molecule has 21 heavy (non-hydrogen) atoms. The van der Waals surface area contributed by atoms with Gasteiger partial charge in [-0.3, -0.25) is 0 Å². The Hall–Kier alpha value is -2.18. The Kier molecular flexibility index (Phi) is 2.98.